The van der Waals surface area contributed by atoms with Crippen LogP contribution in [0.2, 0.25) is 0 Å². The predicted molar refractivity (Wildman–Crippen MR) is 127 cm³/mol. The molecule has 0 spiro atoms. The summed E-state index contributed by atoms with van der Waals surface area (Å²) in [6.45, 7) is 0. The summed E-state index contributed by atoms with van der Waals surface area (Å²) in [7, 11) is 0. The Bertz CT molecular complexity index is 1140. The van der Waals surface area contributed by atoms with Gasteiger partial charge in [-0.3, -0.25) is 14.5 Å². The lowest BCUT2D eigenvalue weighted by Gasteiger charge is -2.57. The van der Waals surface area contributed by atoms with Crippen molar-refractivity contribution >= 4 is 39.6 Å². The molecule has 1 saturated heterocycles. The first kappa shape index (κ1) is 19.9. The molecule has 5 fully saturated rings. The van der Waals surface area contributed by atoms with Crippen LogP contribution in [0.1, 0.15) is 49.7 Å². The lowest BCUT2D eigenvalue weighted by Crippen LogP contribution is -2.48. The number of phenolic OH excluding ortho intramolecular Hbond substituents is 1. The standard InChI is InChI=1S/C26H26N2O3S/c27-19-3-1-2-15(9-19)10-22-24(30)32-25(31)28(22)20-4-5-23(29)21(11-20)26-12-16-6-17(13-26)8-18(7-16)14-26/h1-5,9-11,16-18,29H,6-8,12-14,27H2. The first-order chi connectivity index (χ1) is 15.4. The number of aromatic hydroxyl groups is 1. The van der Waals surface area contributed by atoms with E-state index < -0.39 is 0 Å². The first-order valence-electron chi connectivity index (χ1n) is 11.4. The summed E-state index contributed by atoms with van der Waals surface area (Å²) < 4.78 is 0. The minimum absolute atomic E-state index is 0.00742. The fourth-order valence-electron chi connectivity index (χ4n) is 7.07. The van der Waals surface area contributed by atoms with Crippen molar-refractivity contribution in [2.45, 2.75) is 43.9 Å². The van der Waals surface area contributed by atoms with Crippen LogP contribution >= 0.6 is 11.8 Å². The van der Waals surface area contributed by atoms with Gasteiger partial charge in [0, 0.05) is 23.0 Å². The molecule has 6 heteroatoms. The van der Waals surface area contributed by atoms with Gasteiger partial charge < -0.3 is 10.8 Å². The van der Waals surface area contributed by atoms with Gasteiger partial charge in [-0.15, -0.1) is 0 Å². The van der Waals surface area contributed by atoms with Crippen molar-refractivity contribution in [3.8, 4) is 5.75 Å². The maximum absolute atomic E-state index is 12.8. The number of rotatable bonds is 3. The Morgan fingerprint density at radius 3 is 2.34 bits per heavy atom. The topological polar surface area (TPSA) is 83.6 Å². The molecule has 2 aromatic rings. The van der Waals surface area contributed by atoms with Crippen LogP contribution < -0.4 is 10.6 Å². The number of carbonyl (C=O) groups excluding carboxylic acids is 2. The van der Waals surface area contributed by atoms with Gasteiger partial charge in [-0.05, 0) is 104 Å². The van der Waals surface area contributed by atoms with E-state index in [0.717, 1.165) is 48.1 Å². The summed E-state index contributed by atoms with van der Waals surface area (Å²) in [5.41, 5.74) is 9.18. The molecule has 4 bridgehead atoms. The molecule has 2 aromatic carbocycles. The number of carbonyl (C=O) groups is 2. The molecule has 164 valence electrons. The third-order valence-electron chi connectivity index (χ3n) is 7.87. The van der Waals surface area contributed by atoms with Gasteiger partial charge in [0.25, 0.3) is 5.24 Å². The molecular formula is C26H26N2O3S. The summed E-state index contributed by atoms with van der Waals surface area (Å²) >= 11 is 0.710. The lowest BCUT2D eigenvalue weighted by molar-refractivity contribution is -0.107. The van der Waals surface area contributed by atoms with Gasteiger partial charge in [0.15, 0.2) is 0 Å². The van der Waals surface area contributed by atoms with E-state index in [9.17, 15) is 14.7 Å². The van der Waals surface area contributed by atoms with E-state index in [1.807, 2.05) is 18.2 Å². The molecule has 0 unspecified atom stereocenters. The number of thioether (sulfide) groups is 1. The van der Waals surface area contributed by atoms with Crippen LogP contribution in [0.3, 0.4) is 0 Å². The predicted octanol–water partition coefficient (Wildman–Crippen LogP) is 5.68. The first-order valence-corrected chi connectivity index (χ1v) is 12.2. The number of hydrogen-bond acceptors (Lipinski definition) is 5. The van der Waals surface area contributed by atoms with Gasteiger partial charge in [-0.1, -0.05) is 12.1 Å². The fraction of sp³-hybridized carbons (Fsp3) is 0.385. The zero-order chi connectivity index (χ0) is 22.0. The van der Waals surface area contributed by atoms with Crippen molar-refractivity contribution in [3.63, 3.8) is 0 Å². The second-order valence-electron chi connectivity index (χ2n) is 10.1. The Morgan fingerprint density at radius 2 is 1.69 bits per heavy atom. The monoisotopic (exact) mass is 446 g/mol. The molecule has 5 nitrogen and oxygen atoms in total. The van der Waals surface area contributed by atoms with E-state index in [4.69, 9.17) is 5.73 Å². The van der Waals surface area contributed by atoms with E-state index in [2.05, 4.69) is 0 Å². The number of anilines is 2. The highest BCUT2D eigenvalue weighted by atomic mass is 32.2. The molecule has 32 heavy (non-hydrogen) atoms. The second-order valence-corrected chi connectivity index (χ2v) is 11.0. The Morgan fingerprint density at radius 1 is 1.00 bits per heavy atom. The average Bonchev–Trinajstić information content (AvgIpc) is 3.00. The third-order valence-corrected chi connectivity index (χ3v) is 8.63. The van der Waals surface area contributed by atoms with Gasteiger partial charge >= 0.3 is 0 Å². The molecule has 1 heterocycles. The minimum atomic E-state index is -0.313. The zero-order valence-electron chi connectivity index (χ0n) is 17.8. The van der Waals surface area contributed by atoms with Crippen molar-refractivity contribution in [1.29, 1.82) is 0 Å². The fourth-order valence-corrected chi connectivity index (χ4v) is 7.78. The second kappa shape index (κ2) is 7.14. The molecule has 4 saturated carbocycles. The summed E-state index contributed by atoms with van der Waals surface area (Å²) in [4.78, 5) is 27.0. The summed E-state index contributed by atoms with van der Waals surface area (Å²) in [5, 5.41) is 10.3. The van der Waals surface area contributed by atoms with Crippen molar-refractivity contribution in [3.05, 3.63) is 59.3 Å². The van der Waals surface area contributed by atoms with Crippen molar-refractivity contribution in [2.75, 3.05) is 10.6 Å². The Kier molecular flexibility index (Phi) is 4.44. The molecule has 3 N–H and O–H groups in total. The average molecular weight is 447 g/mol. The molecule has 0 radical (unpaired) electrons. The maximum atomic E-state index is 12.8. The van der Waals surface area contributed by atoms with Crippen LogP contribution in [-0.2, 0) is 10.2 Å². The smallest absolute Gasteiger partial charge is 0.298 e. The van der Waals surface area contributed by atoms with E-state index in [0.29, 0.717) is 34.6 Å². The summed E-state index contributed by atoms with van der Waals surface area (Å²) in [6.07, 6.45) is 9.03. The highest BCUT2D eigenvalue weighted by molar-refractivity contribution is 8.27. The van der Waals surface area contributed by atoms with Crippen LogP contribution in [0.25, 0.3) is 6.08 Å². The van der Waals surface area contributed by atoms with Crippen molar-refractivity contribution < 1.29 is 14.7 Å². The summed E-state index contributed by atoms with van der Waals surface area (Å²) in [5.74, 6) is 2.54. The van der Waals surface area contributed by atoms with E-state index in [1.54, 1.807) is 30.3 Å². The number of nitrogens with zero attached hydrogens (tertiary/aromatic N) is 1. The lowest BCUT2D eigenvalue weighted by atomic mass is 9.48. The molecule has 1 aliphatic heterocycles. The Balaban J connectivity index is 1.42. The highest BCUT2D eigenvalue weighted by Crippen LogP contribution is 2.62. The van der Waals surface area contributed by atoms with Crippen molar-refractivity contribution in [1.82, 2.24) is 0 Å². The van der Waals surface area contributed by atoms with Crippen LogP contribution in [-0.4, -0.2) is 15.5 Å². The maximum Gasteiger partial charge on any atom is 0.298 e. The third kappa shape index (κ3) is 3.15. The number of nitrogen functional groups attached to an aromatic ring is 1. The number of amides is 1. The quantitative estimate of drug-likeness (QED) is 0.468. The Labute approximate surface area is 191 Å². The van der Waals surface area contributed by atoms with Crippen molar-refractivity contribution in [2.24, 2.45) is 17.8 Å². The zero-order valence-corrected chi connectivity index (χ0v) is 18.6. The number of benzene rings is 2. The molecular weight excluding hydrogens is 420 g/mol. The summed E-state index contributed by atoms with van der Waals surface area (Å²) in [6, 6.07) is 12.7. The van der Waals surface area contributed by atoms with Crippen LogP contribution in [0.4, 0.5) is 16.2 Å². The van der Waals surface area contributed by atoms with Gasteiger partial charge in [0.1, 0.15) is 11.4 Å². The van der Waals surface area contributed by atoms with Gasteiger partial charge in [-0.2, -0.15) is 0 Å². The van der Waals surface area contributed by atoms with E-state index >= 15 is 0 Å². The molecule has 5 aliphatic rings. The molecule has 4 aliphatic carbocycles. The van der Waals surface area contributed by atoms with E-state index in [-0.39, 0.29) is 15.8 Å². The SMILES string of the molecule is Nc1cccc(C=C2C(=O)SC(=O)N2c2ccc(O)c(C34CC5CC(CC(C5)C3)C4)c2)c1. The van der Waals surface area contributed by atoms with Gasteiger partial charge in [0.2, 0.25) is 5.12 Å². The largest absolute Gasteiger partial charge is 0.508 e. The number of nitrogens with two attached hydrogens (primary N) is 1. The van der Waals surface area contributed by atoms with Crippen LogP contribution in [0, 0.1) is 17.8 Å². The minimum Gasteiger partial charge on any atom is -0.508 e. The molecule has 0 aromatic heterocycles. The normalized spacial score (nSPS) is 32.3. The van der Waals surface area contributed by atoms with Gasteiger partial charge in [0.05, 0.1) is 5.69 Å². The highest BCUT2D eigenvalue weighted by Gasteiger charge is 2.52. The number of hydrogen-bond donors (Lipinski definition) is 2. The molecule has 7 rings (SSSR count). The van der Waals surface area contributed by atoms with Gasteiger partial charge in [-0.25, -0.2) is 0 Å². The van der Waals surface area contributed by atoms with Crippen LogP contribution in [0.15, 0.2) is 48.2 Å². The van der Waals surface area contributed by atoms with E-state index in [1.165, 1.54) is 24.2 Å². The molecule has 0 atom stereocenters. The Hall–Kier alpha value is -2.73. The molecule has 1 amide bonds. The van der Waals surface area contributed by atoms with Crippen LogP contribution in [0.5, 0.6) is 5.75 Å². The number of phenols is 1.